The van der Waals surface area contributed by atoms with E-state index in [2.05, 4.69) is 9.97 Å². The number of aromatic nitrogens is 2. The van der Waals surface area contributed by atoms with Crippen molar-refractivity contribution in [1.82, 2.24) is 14.9 Å². The van der Waals surface area contributed by atoms with Gasteiger partial charge in [0.15, 0.2) is 0 Å². The number of halogens is 1. The van der Waals surface area contributed by atoms with E-state index in [-0.39, 0.29) is 11.4 Å². The highest BCUT2D eigenvalue weighted by Gasteiger charge is 2.24. The predicted molar refractivity (Wildman–Crippen MR) is 77.4 cm³/mol. The summed E-state index contributed by atoms with van der Waals surface area (Å²) >= 11 is 5.78. The fourth-order valence-corrected chi connectivity index (χ4v) is 2.06. The predicted octanol–water partition coefficient (Wildman–Crippen LogP) is 3.15. The highest BCUT2D eigenvalue weighted by molar-refractivity contribution is 6.28. The number of hydrogen-bond acceptors (Lipinski definition) is 4. The fraction of sp³-hybridized carbons (Fsp3) is 0.500. The van der Waals surface area contributed by atoms with E-state index in [9.17, 15) is 4.79 Å². The molecule has 1 amide bonds. The lowest BCUT2D eigenvalue weighted by Gasteiger charge is -2.29. The average Bonchev–Trinajstić information content (AvgIpc) is 2.37. The lowest BCUT2D eigenvalue weighted by Crippen LogP contribution is -2.39. The van der Waals surface area contributed by atoms with Crippen molar-refractivity contribution in [2.45, 2.75) is 32.8 Å². The monoisotopic (exact) mass is 295 g/mol. The molecule has 0 unspecified atom stereocenters. The Hall–Kier alpha value is -1.62. The van der Waals surface area contributed by atoms with Gasteiger partial charge in [0.05, 0.1) is 5.69 Å². The summed E-state index contributed by atoms with van der Waals surface area (Å²) in [7, 11) is 0. The van der Waals surface area contributed by atoms with Crippen LogP contribution in [0.25, 0.3) is 5.57 Å². The minimum absolute atomic E-state index is 0.234. The van der Waals surface area contributed by atoms with Crippen LogP contribution >= 0.6 is 11.6 Å². The van der Waals surface area contributed by atoms with Crippen LogP contribution in [0.4, 0.5) is 4.79 Å². The summed E-state index contributed by atoms with van der Waals surface area (Å²) in [6.07, 6.45) is 4.05. The maximum Gasteiger partial charge on any atom is 0.410 e. The van der Waals surface area contributed by atoms with Gasteiger partial charge in [0.2, 0.25) is 5.28 Å². The van der Waals surface area contributed by atoms with E-state index in [0.717, 1.165) is 17.7 Å². The zero-order valence-electron chi connectivity index (χ0n) is 11.9. The maximum absolute atomic E-state index is 11.9. The molecule has 1 aromatic heterocycles. The molecule has 0 bridgehead atoms. The minimum Gasteiger partial charge on any atom is -0.444 e. The third-order valence-corrected chi connectivity index (χ3v) is 3.00. The van der Waals surface area contributed by atoms with Crippen molar-refractivity contribution in [1.29, 1.82) is 0 Å². The zero-order valence-corrected chi connectivity index (χ0v) is 12.6. The molecule has 1 aliphatic rings. The molecule has 6 heteroatoms. The molecule has 108 valence electrons. The van der Waals surface area contributed by atoms with Gasteiger partial charge in [-0.15, -0.1) is 0 Å². The van der Waals surface area contributed by atoms with E-state index < -0.39 is 5.60 Å². The Morgan fingerprint density at radius 2 is 2.20 bits per heavy atom. The average molecular weight is 296 g/mol. The molecule has 1 aliphatic heterocycles. The zero-order chi connectivity index (χ0) is 14.8. The quantitative estimate of drug-likeness (QED) is 0.747. The largest absolute Gasteiger partial charge is 0.444 e. The van der Waals surface area contributed by atoms with Crippen LogP contribution in [0.3, 0.4) is 0 Å². The van der Waals surface area contributed by atoms with Crippen molar-refractivity contribution in [3.8, 4) is 0 Å². The first-order chi connectivity index (χ1) is 9.35. The highest BCUT2D eigenvalue weighted by Crippen LogP contribution is 2.22. The molecule has 2 rings (SSSR count). The number of carbonyl (C=O) groups is 1. The van der Waals surface area contributed by atoms with Gasteiger partial charge < -0.3 is 9.64 Å². The third-order valence-electron chi connectivity index (χ3n) is 2.82. The van der Waals surface area contributed by atoms with Gasteiger partial charge in [-0.25, -0.2) is 14.8 Å². The van der Waals surface area contributed by atoms with Crippen LogP contribution in [-0.4, -0.2) is 39.7 Å². The van der Waals surface area contributed by atoms with Crippen molar-refractivity contribution >= 4 is 23.3 Å². The third kappa shape index (κ3) is 3.93. The minimum atomic E-state index is -0.471. The Morgan fingerprint density at radius 3 is 2.75 bits per heavy atom. The van der Waals surface area contributed by atoms with Crippen LogP contribution in [0.1, 0.15) is 32.9 Å². The first-order valence-electron chi connectivity index (χ1n) is 6.51. The Morgan fingerprint density at radius 1 is 1.45 bits per heavy atom. The molecule has 0 radical (unpaired) electrons. The molecule has 0 atom stereocenters. The van der Waals surface area contributed by atoms with Gasteiger partial charge in [0, 0.05) is 19.3 Å². The molecule has 0 fully saturated rings. The summed E-state index contributed by atoms with van der Waals surface area (Å²) in [5.74, 6) is 0. The van der Waals surface area contributed by atoms with Crippen molar-refractivity contribution in [2.24, 2.45) is 0 Å². The Balaban J connectivity index is 2.02. The van der Waals surface area contributed by atoms with Crippen LogP contribution in [0, 0.1) is 0 Å². The number of nitrogens with zero attached hydrogens (tertiary/aromatic N) is 3. The van der Waals surface area contributed by atoms with E-state index in [0.29, 0.717) is 13.1 Å². The van der Waals surface area contributed by atoms with Crippen molar-refractivity contribution < 1.29 is 9.53 Å². The number of ether oxygens (including phenoxy) is 1. The molecule has 1 aromatic rings. The van der Waals surface area contributed by atoms with Gasteiger partial charge in [-0.3, -0.25) is 0 Å². The molecule has 2 heterocycles. The summed E-state index contributed by atoms with van der Waals surface area (Å²) in [4.78, 5) is 21.7. The van der Waals surface area contributed by atoms with E-state index in [4.69, 9.17) is 16.3 Å². The van der Waals surface area contributed by atoms with Gasteiger partial charge in [-0.1, -0.05) is 6.08 Å². The Labute approximate surface area is 123 Å². The summed E-state index contributed by atoms with van der Waals surface area (Å²) in [5, 5.41) is 0.234. The van der Waals surface area contributed by atoms with Crippen LogP contribution in [0.2, 0.25) is 5.28 Å². The van der Waals surface area contributed by atoms with Crippen LogP contribution in [0.15, 0.2) is 18.3 Å². The van der Waals surface area contributed by atoms with Crippen molar-refractivity contribution in [3.05, 3.63) is 29.3 Å². The molecule has 20 heavy (non-hydrogen) atoms. The summed E-state index contributed by atoms with van der Waals surface area (Å²) in [6, 6.07) is 1.82. The molecule has 5 nitrogen and oxygen atoms in total. The summed E-state index contributed by atoms with van der Waals surface area (Å²) < 4.78 is 5.35. The summed E-state index contributed by atoms with van der Waals surface area (Å²) in [5.41, 5.74) is 1.42. The topological polar surface area (TPSA) is 55.3 Å². The van der Waals surface area contributed by atoms with Gasteiger partial charge in [-0.05, 0) is 50.4 Å². The van der Waals surface area contributed by atoms with Gasteiger partial charge in [0.1, 0.15) is 5.60 Å². The smallest absolute Gasteiger partial charge is 0.410 e. The van der Waals surface area contributed by atoms with E-state index in [1.807, 2.05) is 32.9 Å². The van der Waals surface area contributed by atoms with Gasteiger partial charge in [-0.2, -0.15) is 0 Å². The molecular weight excluding hydrogens is 278 g/mol. The Bertz CT molecular complexity index is 537. The van der Waals surface area contributed by atoms with E-state index in [1.54, 1.807) is 11.1 Å². The number of amides is 1. The van der Waals surface area contributed by atoms with Crippen molar-refractivity contribution in [3.63, 3.8) is 0 Å². The molecule has 0 aliphatic carbocycles. The molecule has 0 saturated heterocycles. The molecule has 0 aromatic carbocycles. The fourth-order valence-electron chi connectivity index (χ4n) is 1.91. The molecule has 0 N–H and O–H groups in total. The van der Waals surface area contributed by atoms with E-state index in [1.165, 1.54) is 0 Å². The first kappa shape index (κ1) is 14.8. The maximum atomic E-state index is 11.9. The molecular formula is C14H18ClN3O2. The Kier molecular flexibility index (Phi) is 4.28. The van der Waals surface area contributed by atoms with Crippen LogP contribution in [0.5, 0.6) is 0 Å². The number of hydrogen-bond donors (Lipinski definition) is 0. The van der Waals surface area contributed by atoms with Crippen LogP contribution < -0.4 is 0 Å². The van der Waals surface area contributed by atoms with Crippen molar-refractivity contribution in [2.75, 3.05) is 13.1 Å². The van der Waals surface area contributed by atoms with Gasteiger partial charge >= 0.3 is 6.09 Å². The lowest BCUT2D eigenvalue weighted by molar-refractivity contribution is 0.0270. The standard InChI is InChI=1S/C14H18ClN3O2/c1-14(2,3)20-13(19)18-8-5-10(6-9-18)11-4-7-16-12(15)17-11/h4-5,7H,6,8-9H2,1-3H3. The van der Waals surface area contributed by atoms with Crippen LogP contribution in [-0.2, 0) is 4.74 Å². The molecule has 0 spiro atoms. The second-order valence-corrected chi connectivity index (χ2v) is 5.95. The number of rotatable bonds is 1. The first-order valence-corrected chi connectivity index (χ1v) is 6.89. The molecule has 0 saturated carbocycles. The normalized spacial score (nSPS) is 15.8. The SMILES string of the molecule is CC(C)(C)OC(=O)N1CC=C(c2ccnc(Cl)n2)CC1. The highest BCUT2D eigenvalue weighted by atomic mass is 35.5. The second kappa shape index (κ2) is 5.79. The second-order valence-electron chi connectivity index (χ2n) is 5.62. The van der Waals surface area contributed by atoms with Gasteiger partial charge in [0.25, 0.3) is 0 Å². The summed E-state index contributed by atoms with van der Waals surface area (Å²) in [6.45, 7) is 6.71. The lowest BCUT2D eigenvalue weighted by atomic mass is 10.1. The van der Waals surface area contributed by atoms with E-state index >= 15 is 0 Å². The number of carbonyl (C=O) groups excluding carboxylic acids is 1.